The molecule has 1 aliphatic heterocycles. The molecule has 2 heteroatoms. The van der Waals surface area contributed by atoms with E-state index in [0.717, 1.165) is 31.3 Å². The topological polar surface area (TPSA) is 26.3 Å². The molecular formula is C12H14O2. The summed E-state index contributed by atoms with van der Waals surface area (Å²) >= 11 is 0. The Labute approximate surface area is 83.9 Å². The Morgan fingerprint density at radius 1 is 1.36 bits per heavy atom. The van der Waals surface area contributed by atoms with Gasteiger partial charge in [0.25, 0.3) is 0 Å². The van der Waals surface area contributed by atoms with Crippen LogP contribution < -0.4 is 0 Å². The number of hydrogen-bond donors (Lipinski definition) is 0. The Morgan fingerprint density at radius 3 is 2.71 bits per heavy atom. The summed E-state index contributed by atoms with van der Waals surface area (Å²) in [5.41, 5.74) is 1.99. The van der Waals surface area contributed by atoms with Crippen LogP contribution in [-0.4, -0.2) is 19.0 Å². The lowest BCUT2D eigenvalue weighted by molar-refractivity contribution is 0.111. The molecule has 1 unspecified atom stereocenters. The van der Waals surface area contributed by atoms with E-state index < -0.39 is 0 Å². The predicted octanol–water partition coefficient (Wildman–Crippen LogP) is 2.22. The third-order valence-corrected chi connectivity index (χ3v) is 2.60. The van der Waals surface area contributed by atoms with Crippen molar-refractivity contribution in [2.75, 3.05) is 6.61 Å². The van der Waals surface area contributed by atoms with Crippen LogP contribution in [0.15, 0.2) is 24.3 Å². The first-order valence-electron chi connectivity index (χ1n) is 5.04. The molecule has 0 saturated carbocycles. The molecule has 1 aliphatic rings. The van der Waals surface area contributed by atoms with Gasteiger partial charge in [-0.05, 0) is 24.8 Å². The van der Waals surface area contributed by atoms with Crippen molar-refractivity contribution in [2.24, 2.45) is 0 Å². The lowest BCUT2D eigenvalue weighted by atomic mass is 10.0. The van der Waals surface area contributed by atoms with Crippen LogP contribution in [0.2, 0.25) is 0 Å². The number of ether oxygens (including phenoxy) is 1. The van der Waals surface area contributed by atoms with Crippen LogP contribution >= 0.6 is 0 Å². The Kier molecular flexibility index (Phi) is 2.94. The van der Waals surface area contributed by atoms with E-state index in [2.05, 4.69) is 0 Å². The van der Waals surface area contributed by atoms with Crippen LogP contribution in [0.25, 0.3) is 0 Å². The van der Waals surface area contributed by atoms with Gasteiger partial charge in [0, 0.05) is 12.2 Å². The van der Waals surface area contributed by atoms with Crippen molar-refractivity contribution in [3.63, 3.8) is 0 Å². The number of hydrogen-bond acceptors (Lipinski definition) is 2. The van der Waals surface area contributed by atoms with Crippen LogP contribution in [0.1, 0.15) is 28.8 Å². The normalized spacial score (nSPS) is 21.0. The lowest BCUT2D eigenvalue weighted by Gasteiger charge is -2.08. The molecule has 0 aromatic heterocycles. The van der Waals surface area contributed by atoms with E-state index in [1.54, 1.807) is 0 Å². The molecule has 0 radical (unpaired) electrons. The van der Waals surface area contributed by atoms with Crippen LogP contribution in [0.3, 0.4) is 0 Å². The minimum Gasteiger partial charge on any atom is -0.378 e. The summed E-state index contributed by atoms with van der Waals surface area (Å²) in [6.45, 7) is 0.900. The van der Waals surface area contributed by atoms with E-state index in [-0.39, 0.29) is 0 Å². The largest absolute Gasteiger partial charge is 0.378 e. The summed E-state index contributed by atoms with van der Waals surface area (Å²) < 4.78 is 5.54. The summed E-state index contributed by atoms with van der Waals surface area (Å²) in [5, 5.41) is 0. The fourth-order valence-electron chi connectivity index (χ4n) is 1.80. The zero-order valence-electron chi connectivity index (χ0n) is 8.11. The maximum Gasteiger partial charge on any atom is 0.150 e. The summed E-state index contributed by atoms with van der Waals surface area (Å²) in [4.78, 5) is 10.4. The highest BCUT2D eigenvalue weighted by Gasteiger charge is 2.15. The lowest BCUT2D eigenvalue weighted by Crippen LogP contribution is -2.08. The summed E-state index contributed by atoms with van der Waals surface area (Å²) in [5.74, 6) is 0. The molecule has 1 fully saturated rings. The molecule has 0 amide bonds. The molecule has 1 heterocycles. The van der Waals surface area contributed by atoms with Crippen molar-refractivity contribution in [3.05, 3.63) is 35.4 Å². The van der Waals surface area contributed by atoms with Crippen molar-refractivity contribution in [3.8, 4) is 0 Å². The Bertz CT molecular complexity index is 297. The number of rotatable bonds is 3. The van der Waals surface area contributed by atoms with Gasteiger partial charge in [-0.1, -0.05) is 24.3 Å². The number of aldehydes is 1. The molecule has 1 aromatic carbocycles. The SMILES string of the molecule is O=Cc1ccc(CC2CCCO2)cc1. The van der Waals surface area contributed by atoms with E-state index in [1.807, 2.05) is 24.3 Å². The molecule has 0 bridgehead atoms. The minimum absolute atomic E-state index is 0.386. The zero-order chi connectivity index (χ0) is 9.80. The second-order valence-corrected chi connectivity index (χ2v) is 3.70. The van der Waals surface area contributed by atoms with Gasteiger partial charge in [0.2, 0.25) is 0 Å². The zero-order valence-corrected chi connectivity index (χ0v) is 8.11. The van der Waals surface area contributed by atoms with Gasteiger partial charge >= 0.3 is 0 Å². The fraction of sp³-hybridized carbons (Fsp3) is 0.417. The molecule has 1 aromatic rings. The molecule has 74 valence electrons. The van der Waals surface area contributed by atoms with Gasteiger partial charge in [0.1, 0.15) is 6.29 Å². The highest BCUT2D eigenvalue weighted by Crippen LogP contribution is 2.17. The molecule has 1 saturated heterocycles. The maximum atomic E-state index is 10.4. The van der Waals surface area contributed by atoms with E-state index >= 15 is 0 Å². The fourth-order valence-corrected chi connectivity index (χ4v) is 1.80. The number of carbonyl (C=O) groups excluding carboxylic acids is 1. The molecular weight excluding hydrogens is 176 g/mol. The van der Waals surface area contributed by atoms with Gasteiger partial charge in [-0.15, -0.1) is 0 Å². The Hall–Kier alpha value is -1.15. The predicted molar refractivity (Wildman–Crippen MR) is 54.5 cm³/mol. The van der Waals surface area contributed by atoms with Gasteiger partial charge < -0.3 is 4.74 Å². The van der Waals surface area contributed by atoms with Gasteiger partial charge in [0.15, 0.2) is 0 Å². The number of benzene rings is 1. The van der Waals surface area contributed by atoms with Crippen LogP contribution in [0.4, 0.5) is 0 Å². The van der Waals surface area contributed by atoms with Gasteiger partial charge in [-0.3, -0.25) is 4.79 Å². The second-order valence-electron chi connectivity index (χ2n) is 3.70. The van der Waals surface area contributed by atoms with Crippen LogP contribution in [0, 0.1) is 0 Å². The van der Waals surface area contributed by atoms with Crippen molar-refractivity contribution in [1.82, 2.24) is 0 Å². The highest BCUT2D eigenvalue weighted by molar-refractivity contribution is 5.74. The van der Waals surface area contributed by atoms with E-state index in [4.69, 9.17) is 4.74 Å². The van der Waals surface area contributed by atoms with E-state index in [0.29, 0.717) is 6.10 Å². The van der Waals surface area contributed by atoms with E-state index in [1.165, 1.54) is 12.0 Å². The van der Waals surface area contributed by atoms with Crippen LogP contribution in [-0.2, 0) is 11.2 Å². The van der Waals surface area contributed by atoms with Crippen molar-refractivity contribution < 1.29 is 9.53 Å². The summed E-state index contributed by atoms with van der Waals surface area (Å²) in [6, 6.07) is 7.73. The first-order valence-corrected chi connectivity index (χ1v) is 5.04. The first-order chi connectivity index (χ1) is 6.88. The molecule has 2 rings (SSSR count). The molecule has 2 nitrogen and oxygen atoms in total. The molecule has 0 aliphatic carbocycles. The van der Waals surface area contributed by atoms with Crippen molar-refractivity contribution in [2.45, 2.75) is 25.4 Å². The number of carbonyl (C=O) groups is 1. The third kappa shape index (κ3) is 2.20. The minimum atomic E-state index is 0.386. The van der Waals surface area contributed by atoms with Gasteiger partial charge in [0.05, 0.1) is 6.10 Å². The summed E-state index contributed by atoms with van der Waals surface area (Å²) in [7, 11) is 0. The third-order valence-electron chi connectivity index (χ3n) is 2.60. The summed E-state index contributed by atoms with van der Waals surface area (Å²) in [6.07, 6.45) is 4.57. The standard InChI is InChI=1S/C12H14O2/c13-9-11-5-3-10(4-6-11)8-12-2-1-7-14-12/h3-6,9,12H,1-2,7-8H2. The smallest absolute Gasteiger partial charge is 0.150 e. The van der Waals surface area contributed by atoms with Gasteiger partial charge in [-0.25, -0.2) is 0 Å². The van der Waals surface area contributed by atoms with Gasteiger partial charge in [-0.2, -0.15) is 0 Å². The van der Waals surface area contributed by atoms with Crippen molar-refractivity contribution >= 4 is 6.29 Å². The quantitative estimate of drug-likeness (QED) is 0.683. The second kappa shape index (κ2) is 4.38. The average Bonchev–Trinajstić information content (AvgIpc) is 2.72. The van der Waals surface area contributed by atoms with Crippen molar-refractivity contribution in [1.29, 1.82) is 0 Å². The molecule has 1 atom stereocenters. The maximum absolute atomic E-state index is 10.4. The van der Waals surface area contributed by atoms with E-state index in [9.17, 15) is 4.79 Å². The highest BCUT2D eigenvalue weighted by atomic mass is 16.5. The Balaban J connectivity index is 1.98. The first kappa shape index (κ1) is 9.41. The van der Waals surface area contributed by atoms with Crippen LogP contribution in [0.5, 0.6) is 0 Å². The molecule has 0 N–H and O–H groups in total. The monoisotopic (exact) mass is 190 g/mol. The Morgan fingerprint density at radius 2 is 2.14 bits per heavy atom. The molecule has 14 heavy (non-hydrogen) atoms. The molecule has 0 spiro atoms. The average molecular weight is 190 g/mol.